The lowest BCUT2D eigenvalue weighted by molar-refractivity contribution is -0.141. The van der Waals surface area contributed by atoms with Gasteiger partial charge in [0.25, 0.3) is 5.78 Å². The molecular weight excluding hydrogens is 389 g/mol. The number of fused-ring (bicyclic) bond motifs is 1. The minimum atomic E-state index is -4.63. The Labute approximate surface area is 162 Å². The normalized spacial score (nSPS) is 13.2. The SMILES string of the molecule is CC(C)C(Nc1cc(C(F)(F)F)nc2ncnn12)c1nc(-c2cccnc2)no1. The van der Waals surface area contributed by atoms with E-state index in [4.69, 9.17) is 4.52 Å². The summed E-state index contributed by atoms with van der Waals surface area (Å²) in [6.07, 6.45) is -0.293. The number of nitrogens with zero attached hydrogens (tertiary/aromatic N) is 7. The van der Waals surface area contributed by atoms with E-state index < -0.39 is 17.9 Å². The maximum Gasteiger partial charge on any atom is 0.433 e. The molecule has 0 saturated carbocycles. The van der Waals surface area contributed by atoms with Gasteiger partial charge in [-0.15, -0.1) is 0 Å². The summed E-state index contributed by atoms with van der Waals surface area (Å²) in [5.41, 5.74) is -0.420. The number of rotatable bonds is 5. The lowest BCUT2D eigenvalue weighted by Crippen LogP contribution is -2.20. The number of anilines is 1. The third kappa shape index (κ3) is 3.73. The molecule has 0 aliphatic rings. The minimum absolute atomic E-state index is 0.0552. The Kier molecular flexibility index (Phi) is 4.60. The van der Waals surface area contributed by atoms with Crippen molar-refractivity contribution in [3.8, 4) is 11.4 Å². The Morgan fingerprint density at radius 2 is 2.03 bits per heavy atom. The highest BCUT2D eigenvalue weighted by atomic mass is 19.4. The zero-order valence-electron chi connectivity index (χ0n) is 15.3. The largest absolute Gasteiger partial charge is 0.433 e. The third-order valence-electron chi connectivity index (χ3n) is 4.14. The van der Waals surface area contributed by atoms with E-state index in [9.17, 15) is 13.2 Å². The first-order chi connectivity index (χ1) is 13.8. The average molecular weight is 404 g/mol. The molecule has 0 bridgehead atoms. The van der Waals surface area contributed by atoms with Gasteiger partial charge in [-0.05, 0) is 18.1 Å². The number of nitrogens with one attached hydrogen (secondary N) is 1. The van der Waals surface area contributed by atoms with Crippen LogP contribution in [0.3, 0.4) is 0 Å². The highest BCUT2D eigenvalue weighted by molar-refractivity contribution is 5.52. The number of pyridine rings is 1. The van der Waals surface area contributed by atoms with Gasteiger partial charge in [-0.2, -0.15) is 32.8 Å². The van der Waals surface area contributed by atoms with Crippen LogP contribution < -0.4 is 5.32 Å². The second-order valence-corrected chi connectivity index (χ2v) is 6.56. The molecule has 0 aliphatic carbocycles. The highest BCUT2D eigenvalue weighted by Gasteiger charge is 2.34. The first-order valence-corrected chi connectivity index (χ1v) is 8.61. The van der Waals surface area contributed by atoms with Crippen LogP contribution in [0.2, 0.25) is 0 Å². The average Bonchev–Trinajstić information content (AvgIpc) is 3.35. The van der Waals surface area contributed by atoms with Gasteiger partial charge in [0, 0.05) is 24.0 Å². The standard InChI is InChI=1S/C17H15F3N8O/c1-9(2)13(15-26-14(27-29-15)10-4-3-5-21-7-10)25-12-6-11(17(18,19)20)24-16-22-8-23-28(12)16/h3-9,13,25H,1-2H3. The fourth-order valence-corrected chi connectivity index (χ4v) is 2.71. The maximum atomic E-state index is 13.2. The molecule has 0 fully saturated rings. The summed E-state index contributed by atoms with van der Waals surface area (Å²) in [7, 11) is 0. The monoisotopic (exact) mass is 404 g/mol. The molecule has 0 amide bonds. The molecule has 4 heterocycles. The van der Waals surface area contributed by atoms with Crippen molar-refractivity contribution in [2.75, 3.05) is 5.32 Å². The smallest absolute Gasteiger partial charge is 0.358 e. The molecule has 12 heteroatoms. The van der Waals surface area contributed by atoms with E-state index in [0.717, 1.165) is 12.4 Å². The topological polar surface area (TPSA) is 107 Å². The summed E-state index contributed by atoms with van der Waals surface area (Å²) in [6, 6.07) is 3.80. The maximum absolute atomic E-state index is 13.2. The minimum Gasteiger partial charge on any atom is -0.358 e. The molecule has 0 aliphatic heterocycles. The molecule has 0 spiro atoms. The van der Waals surface area contributed by atoms with Crippen LogP contribution in [0, 0.1) is 5.92 Å². The van der Waals surface area contributed by atoms with E-state index in [0.29, 0.717) is 11.4 Å². The van der Waals surface area contributed by atoms with Gasteiger partial charge in [-0.25, -0.2) is 4.98 Å². The van der Waals surface area contributed by atoms with Crippen molar-refractivity contribution in [1.29, 1.82) is 0 Å². The van der Waals surface area contributed by atoms with Crippen molar-refractivity contribution in [3.63, 3.8) is 0 Å². The van der Waals surface area contributed by atoms with Gasteiger partial charge >= 0.3 is 6.18 Å². The van der Waals surface area contributed by atoms with Crippen LogP contribution in [0.1, 0.15) is 31.5 Å². The molecule has 4 aromatic heterocycles. The molecule has 1 atom stereocenters. The number of alkyl halides is 3. The predicted molar refractivity (Wildman–Crippen MR) is 94.5 cm³/mol. The molecule has 0 saturated heterocycles. The summed E-state index contributed by atoms with van der Waals surface area (Å²) in [4.78, 5) is 15.6. The Morgan fingerprint density at radius 1 is 1.21 bits per heavy atom. The third-order valence-corrected chi connectivity index (χ3v) is 4.14. The molecule has 150 valence electrons. The molecule has 4 rings (SSSR count). The van der Waals surface area contributed by atoms with Gasteiger partial charge in [-0.1, -0.05) is 19.0 Å². The summed E-state index contributed by atoms with van der Waals surface area (Å²) in [5.74, 6) is 0.332. The molecule has 29 heavy (non-hydrogen) atoms. The molecular formula is C17H15F3N8O. The summed E-state index contributed by atoms with van der Waals surface area (Å²) in [6.45, 7) is 3.74. The van der Waals surface area contributed by atoms with E-state index in [2.05, 4.69) is 35.5 Å². The van der Waals surface area contributed by atoms with E-state index in [-0.39, 0.29) is 23.4 Å². The molecule has 1 N–H and O–H groups in total. The Hall–Kier alpha value is -3.57. The van der Waals surface area contributed by atoms with Crippen LogP contribution in [-0.2, 0) is 6.18 Å². The molecule has 9 nitrogen and oxygen atoms in total. The van der Waals surface area contributed by atoms with Gasteiger partial charge < -0.3 is 9.84 Å². The van der Waals surface area contributed by atoms with Crippen molar-refractivity contribution in [3.05, 3.63) is 48.5 Å². The van der Waals surface area contributed by atoms with Gasteiger partial charge in [0.15, 0.2) is 5.69 Å². The van der Waals surface area contributed by atoms with E-state index in [1.54, 1.807) is 24.5 Å². The van der Waals surface area contributed by atoms with Crippen LogP contribution in [0.4, 0.5) is 19.0 Å². The van der Waals surface area contributed by atoms with Gasteiger partial charge in [0.2, 0.25) is 11.7 Å². The summed E-state index contributed by atoms with van der Waals surface area (Å²) in [5, 5.41) is 10.9. The zero-order chi connectivity index (χ0) is 20.6. The lowest BCUT2D eigenvalue weighted by atomic mass is 10.0. The predicted octanol–water partition coefficient (Wildman–Crippen LogP) is 3.40. The Morgan fingerprint density at radius 3 is 2.72 bits per heavy atom. The first kappa shape index (κ1) is 18.8. The summed E-state index contributed by atoms with van der Waals surface area (Å²) < 4.78 is 46.2. The number of aromatic nitrogens is 7. The molecule has 0 aromatic carbocycles. The van der Waals surface area contributed by atoms with Crippen LogP contribution in [-0.4, -0.2) is 34.7 Å². The van der Waals surface area contributed by atoms with Crippen LogP contribution in [0.25, 0.3) is 17.2 Å². The van der Waals surface area contributed by atoms with Gasteiger partial charge in [0.05, 0.1) is 0 Å². The molecule has 4 aromatic rings. The van der Waals surface area contributed by atoms with Crippen molar-refractivity contribution >= 4 is 11.6 Å². The van der Waals surface area contributed by atoms with Crippen molar-refractivity contribution in [2.24, 2.45) is 5.92 Å². The Bertz CT molecular complexity index is 1120. The second-order valence-electron chi connectivity index (χ2n) is 6.56. The van der Waals surface area contributed by atoms with Crippen LogP contribution in [0.15, 0.2) is 41.4 Å². The van der Waals surface area contributed by atoms with Gasteiger partial charge in [0.1, 0.15) is 18.2 Å². The van der Waals surface area contributed by atoms with E-state index in [1.165, 1.54) is 4.52 Å². The lowest BCUT2D eigenvalue weighted by Gasteiger charge is -2.20. The first-order valence-electron chi connectivity index (χ1n) is 8.61. The number of hydrogen-bond acceptors (Lipinski definition) is 8. The fraction of sp³-hybridized carbons (Fsp3) is 0.294. The highest BCUT2D eigenvalue weighted by Crippen LogP contribution is 2.32. The van der Waals surface area contributed by atoms with Crippen molar-refractivity contribution in [1.82, 2.24) is 34.7 Å². The second kappa shape index (κ2) is 7.11. The zero-order valence-corrected chi connectivity index (χ0v) is 15.3. The van der Waals surface area contributed by atoms with E-state index in [1.807, 2.05) is 13.8 Å². The van der Waals surface area contributed by atoms with Crippen molar-refractivity contribution in [2.45, 2.75) is 26.1 Å². The van der Waals surface area contributed by atoms with E-state index >= 15 is 0 Å². The number of halogens is 3. The van der Waals surface area contributed by atoms with Gasteiger partial charge in [-0.3, -0.25) is 4.98 Å². The molecule has 1 unspecified atom stereocenters. The Balaban J connectivity index is 1.71. The quantitative estimate of drug-likeness (QED) is 0.539. The van der Waals surface area contributed by atoms with Crippen molar-refractivity contribution < 1.29 is 17.7 Å². The molecule has 0 radical (unpaired) electrons. The summed E-state index contributed by atoms with van der Waals surface area (Å²) >= 11 is 0. The van der Waals surface area contributed by atoms with Crippen LogP contribution in [0.5, 0.6) is 0 Å². The fourth-order valence-electron chi connectivity index (χ4n) is 2.71. The number of hydrogen-bond donors (Lipinski definition) is 1. The van der Waals surface area contributed by atoms with Crippen LogP contribution >= 0.6 is 0 Å².